The first-order valence-electron chi connectivity index (χ1n) is 9.00. The monoisotopic (exact) mass is 358 g/mol. The summed E-state index contributed by atoms with van der Waals surface area (Å²) in [7, 11) is 0. The van der Waals surface area contributed by atoms with Crippen LogP contribution in [-0.4, -0.2) is 50.0 Å². The third kappa shape index (κ3) is 4.35. The Kier molecular flexibility index (Phi) is 5.50. The molecule has 0 aliphatic heterocycles. The first-order chi connectivity index (χ1) is 12.3. The van der Waals surface area contributed by atoms with E-state index in [1.54, 1.807) is 32.2 Å². The van der Waals surface area contributed by atoms with E-state index in [0.29, 0.717) is 11.1 Å². The molecule has 0 bridgehead atoms. The molecule has 0 spiro atoms. The number of benzene rings is 1. The number of carbonyl (C=O) groups excluding carboxylic acids is 1. The number of aliphatic hydroxyl groups is 2. The van der Waals surface area contributed by atoms with Crippen molar-refractivity contribution in [3.8, 4) is 0 Å². The molecule has 4 N–H and O–H groups in total. The maximum Gasteiger partial charge on any atom is 0.254 e. The number of aromatic nitrogens is 2. The van der Waals surface area contributed by atoms with Crippen LogP contribution in [0.25, 0.3) is 10.9 Å². The number of carbonyl (C=O) groups is 1. The van der Waals surface area contributed by atoms with E-state index >= 15 is 0 Å². The molecule has 2 aromatic rings. The van der Waals surface area contributed by atoms with Gasteiger partial charge in [-0.1, -0.05) is 12.1 Å². The van der Waals surface area contributed by atoms with Crippen LogP contribution in [-0.2, 0) is 0 Å². The number of nitrogens with one attached hydrogen (secondary N) is 2. The predicted molar refractivity (Wildman–Crippen MR) is 98.5 cm³/mol. The lowest BCUT2D eigenvalue weighted by molar-refractivity contribution is 0.0134. The van der Waals surface area contributed by atoms with Crippen molar-refractivity contribution in [3.63, 3.8) is 0 Å². The first kappa shape index (κ1) is 18.7. The van der Waals surface area contributed by atoms with Gasteiger partial charge in [-0.2, -0.15) is 0 Å². The summed E-state index contributed by atoms with van der Waals surface area (Å²) in [5.41, 5.74) is -0.124. The number of aliphatic hydroxyl groups excluding tert-OH is 1. The van der Waals surface area contributed by atoms with Gasteiger partial charge in [0.25, 0.3) is 5.91 Å². The molecule has 1 unspecified atom stereocenters. The van der Waals surface area contributed by atoms with Gasteiger partial charge in [0.1, 0.15) is 12.5 Å². The van der Waals surface area contributed by atoms with Crippen LogP contribution < -0.4 is 10.6 Å². The number of fused-ring (bicyclic) bond motifs is 1. The van der Waals surface area contributed by atoms with E-state index in [-0.39, 0.29) is 18.1 Å². The van der Waals surface area contributed by atoms with Crippen LogP contribution in [0.4, 0.5) is 0 Å². The van der Waals surface area contributed by atoms with Crippen molar-refractivity contribution in [2.45, 2.75) is 63.4 Å². The van der Waals surface area contributed by atoms with E-state index in [1.165, 1.54) is 6.33 Å². The number of hydrogen-bond acceptors (Lipinski definition) is 6. The number of amides is 1. The topological polar surface area (TPSA) is 107 Å². The standard InChI is InChI=1S/C19H26N4O3/c1-19(2,26)18(22-13-6-8-14(24)9-7-13)23-17(25)15-5-3-4-12-10-20-11-21-16(12)15/h3-5,10-11,13-14,18,22,24,26H,6-9H2,1-2H3,(H,23,25). The van der Waals surface area contributed by atoms with Gasteiger partial charge in [0.05, 0.1) is 22.8 Å². The molecule has 0 saturated heterocycles. The van der Waals surface area contributed by atoms with E-state index < -0.39 is 11.8 Å². The molecule has 1 aliphatic rings. The molecule has 1 saturated carbocycles. The zero-order valence-corrected chi connectivity index (χ0v) is 15.1. The molecule has 1 heterocycles. The van der Waals surface area contributed by atoms with Crippen LogP contribution in [0.3, 0.4) is 0 Å². The fourth-order valence-corrected chi connectivity index (χ4v) is 3.31. The average Bonchev–Trinajstić information content (AvgIpc) is 2.61. The summed E-state index contributed by atoms with van der Waals surface area (Å²) < 4.78 is 0. The highest BCUT2D eigenvalue weighted by Gasteiger charge is 2.32. The second-order valence-electron chi connectivity index (χ2n) is 7.50. The van der Waals surface area contributed by atoms with Crippen molar-refractivity contribution in [1.82, 2.24) is 20.6 Å². The van der Waals surface area contributed by atoms with Gasteiger partial charge >= 0.3 is 0 Å². The molecule has 7 heteroatoms. The number of nitrogens with zero attached hydrogens (tertiary/aromatic N) is 2. The van der Waals surface area contributed by atoms with Crippen LogP contribution in [0.1, 0.15) is 49.9 Å². The zero-order valence-electron chi connectivity index (χ0n) is 15.1. The van der Waals surface area contributed by atoms with Gasteiger partial charge in [-0.25, -0.2) is 9.97 Å². The first-order valence-corrected chi connectivity index (χ1v) is 9.00. The fraction of sp³-hybridized carbons (Fsp3) is 0.526. The van der Waals surface area contributed by atoms with E-state index in [9.17, 15) is 15.0 Å². The average molecular weight is 358 g/mol. The van der Waals surface area contributed by atoms with Gasteiger partial charge in [0.15, 0.2) is 0 Å². The summed E-state index contributed by atoms with van der Waals surface area (Å²) >= 11 is 0. The maximum absolute atomic E-state index is 12.8. The van der Waals surface area contributed by atoms with Crippen molar-refractivity contribution < 1.29 is 15.0 Å². The van der Waals surface area contributed by atoms with Crippen LogP contribution in [0.15, 0.2) is 30.7 Å². The normalized spacial score (nSPS) is 22.2. The summed E-state index contributed by atoms with van der Waals surface area (Å²) in [4.78, 5) is 21.0. The minimum absolute atomic E-state index is 0.143. The Morgan fingerprint density at radius 1 is 1.27 bits per heavy atom. The van der Waals surface area contributed by atoms with E-state index in [0.717, 1.165) is 31.1 Å². The highest BCUT2D eigenvalue weighted by Crippen LogP contribution is 2.21. The summed E-state index contributed by atoms with van der Waals surface area (Å²) in [6.45, 7) is 3.32. The van der Waals surface area contributed by atoms with Crippen LogP contribution >= 0.6 is 0 Å². The van der Waals surface area contributed by atoms with Crippen LogP contribution in [0.5, 0.6) is 0 Å². The maximum atomic E-state index is 12.8. The lowest BCUT2D eigenvalue weighted by atomic mass is 9.92. The minimum Gasteiger partial charge on any atom is -0.393 e. The van der Waals surface area contributed by atoms with Crippen molar-refractivity contribution in [2.75, 3.05) is 0 Å². The smallest absolute Gasteiger partial charge is 0.254 e. The Hall–Kier alpha value is -2.09. The SMILES string of the molecule is CC(C)(O)C(NC(=O)c1cccc2cncnc12)NC1CCC(O)CC1. The summed E-state index contributed by atoms with van der Waals surface area (Å²) in [6.07, 6.45) is 5.28. The Morgan fingerprint density at radius 2 is 2.00 bits per heavy atom. The van der Waals surface area contributed by atoms with E-state index in [2.05, 4.69) is 20.6 Å². The van der Waals surface area contributed by atoms with E-state index in [1.807, 2.05) is 6.07 Å². The molecule has 1 amide bonds. The van der Waals surface area contributed by atoms with Crippen molar-refractivity contribution in [2.24, 2.45) is 0 Å². The Balaban J connectivity index is 1.77. The lowest BCUT2D eigenvalue weighted by Gasteiger charge is -2.36. The molecule has 7 nitrogen and oxygen atoms in total. The highest BCUT2D eigenvalue weighted by atomic mass is 16.3. The van der Waals surface area contributed by atoms with Crippen molar-refractivity contribution in [3.05, 3.63) is 36.3 Å². The molecule has 140 valence electrons. The second-order valence-corrected chi connectivity index (χ2v) is 7.50. The fourth-order valence-electron chi connectivity index (χ4n) is 3.31. The molecule has 0 radical (unpaired) electrons. The van der Waals surface area contributed by atoms with E-state index in [4.69, 9.17) is 0 Å². The number of para-hydroxylation sites is 1. The molecule has 3 rings (SSSR count). The molecule has 26 heavy (non-hydrogen) atoms. The molecule has 1 aliphatic carbocycles. The van der Waals surface area contributed by atoms with Crippen LogP contribution in [0, 0.1) is 0 Å². The third-order valence-electron chi connectivity index (χ3n) is 4.86. The summed E-state index contributed by atoms with van der Waals surface area (Å²) in [5.74, 6) is -0.301. The largest absolute Gasteiger partial charge is 0.393 e. The Bertz CT molecular complexity index is 761. The van der Waals surface area contributed by atoms with Crippen molar-refractivity contribution >= 4 is 16.8 Å². The van der Waals surface area contributed by atoms with Gasteiger partial charge in [0, 0.05) is 17.6 Å². The van der Waals surface area contributed by atoms with Gasteiger partial charge in [-0.05, 0) is 45.6 Å². The molecule has 1 fully saturated rings. The molecule has 1 atom stereocenters. The van der Waals surface area contributed by atoms with Crippen LogP contribution in [0.2, 0.25) is 0 Å². The zero-order chi connectivity index (χ0) is 18.7. The Labute approximate surface area is 152 Å². The van der Waals surface area contributed by atoms with Gasteiger partial charge in [-0.15, -0.1) is 0 Å². The molecular formula is C19H26N4O3. The molecular weight excluding hydrogens is 332 g/mol. The Morgan fingerprint density at radius 3 is 2.69 bits per heavy atom. The molecule has 1 aromatic carbocycles. The number of rotatable bonds is 5. The highest BCUT2D eigenvalue weighted by molar-refractivity contribution is 6.05. The quantitative estimate of drug-likeness (QED) is 0.601. The van der Waals surface area contributed by atoms with Gasteiger partial charge in [-0.3, -0.25) is 10.1 Å². The third-order valence-corrected chi connectivity index (χ3v) is 4.86. The summed E-state index contributed by atoms with van der Waals surface area (Å²) in [5, 5.41) is 27.2. The number of hydrogen-bond donors (Lipinski definition) is 4. The second kappa shape index (κ2) is 7.65. The molecule has 1 aromatic heterocycles. The minimum atomic E-state index is -1.15. The van der Waals surface area contributed by atoms with Gasteiger partial charge < -0.3 is 15.5 Å². The predicted octanol–water partition coefficient (Wildman–Crippen LogP) is 1.35. The van der Waals surface area contributed by atoms with Crippen molar-refractivity contribution in [1.29, 1.82) is 0 Å². The van der Waals surface area contributed by atoms with Gasteiger partial charge in [0.2, 0.25) is 0 Å². The lowest BCUT2D eigenvalue weighted by Crippen LogP contribution is -2.60. The summed E-state index contributed by atoms with van der Waals surface area (Å²) in [6, 6.07) is 5.49.